The fraction of sp³-hybridized carbons (Fsp3) is 0.192. The van der Waals surface area contributed by atoms with Gasteiger partial charge in [0.2, 0.25) is 0 Å². The number of benzene rings is 3. The van der Waals surface area contributed by atoms with Crippen LogP contribution in [0.4, 0.5) is 5.69 Å². The molecule has 4 rings (SSSR count). The minimum atomic E-state index is -3.82. The lowest BCUT2D eigenvalue weighted by Gasteiger charge is -2.08. The number of halogens is 1. The second kappa shape index (κ2) is 11.9. The Morgan fingerprint density at radius 1 is 1.03 bits per heavy atom. The second-order valence-electron chi connectivity index (χ2n) is 7.96. The average Bonchev–Trinajstić information content (AvgIpc) is 3.24. The molecule has 1 N–H and O–H groups in total. The lowest BCUT2D eigenvalue weighted by atomic mass is 10.2. The summed E-state index contributed by atoms with van der Waals surface area (Å²) in [6.45, 7) is 3.33. The molecule has 0 fully saturated rings. The number of hydrogen-bond donors (Lipinski definition) is 1. The van der Waals surface area contributed by atoms with E-state index in [1.807, 2.05) is 11.5 Å². The molecule has 0 saturated heterocycles. The first-order chi connectivity index (χ1) is 18.2. The first-order valence-corrected chi connectivity index (χ1v) is 14.2. The fourth-order valence-corrected chi connectivity index (χ4v) is 5.86. The number of carbonyl (C=O) groups is 2. The molecule has 0 aliphatic carbocycles. The fourth-order valence-electron chi connectivity index (χ4n) is 3.58. The highest BCUT2D eigenvalue weighted by Gasteiger charge is 2.15. The Balaban J connectivity index is 1.61. The van der Waals surface area contributed by atoms with Gasteiger partial charge in [-0.3, -0.25) is 9.52 Å². The number of aromatic nitrogens is 1. The average molecular weight is 574 g/mol. The van der Waals surface area contributed by atoms with Gasteiger partial charge in [-0.1, -0.05) is 22.9 Å². The summed E-state index contributed by atoms with van der Waals surface area (Å²) in [5.74, 6) is -0.954. The zero-order valence-electron chi connectivity index (χ0n) is 20.5. The number of ether oxygens (including phenoxy) is 2. The van der Waals surface area contributed by atoms with Crippen molar-refractivity contribution in [2.45, 2.75) is 18.4 Å². The van der Waals surface area contributed by atoms with Gasteiger partial charge < -0.3 is 14.0 Å². The predicted octanol–water partition coefficient (Wildman–Crippen LogP) is 4.72. The van der Waals surface area contributed by atoms with Crippen LogP contribution in [0, 0.1) is 0 Å². The molecule has 12 heteroatoms. The number of carbonyl (C=O) groups excluding carboxylic acids is 2. The highest BCUT2D eigenvalue weighted by Crippen LogP contribution is 2.21. The summed E-state index contributed by atoms with van der Waals surface area (Å²) >= 11 is 7.10. The van der Waals surface area contributed by atoms with E-state index in [1.165, 1.54) is 67.0 Å². The summed E-state index contributed by atoms with van der Waals surface area (Å²) in [6, 6.07) is 16.9. The number of esters is 1. The van der Waals surface area contributed by atoms with Gasteiger partial charge in [0.25, 0.3) is 15.9 Å². The molecule has 0 saturated carbocycles. The van der Waals surface area contributed by atoms with Gasteiger partial charge in [-0.05, 0) is 73.7 Å². The standard InChI is InChI=1S/C26H24ClN3O6S2/c1-3-36-15-14-30-22-13-6-18(25(32)35-2)16-23(22)37-26(30)28-24(31)17-4-9-20(10-5-17)29-38(33,34)21-11-7-19(27)8-12-21/h4-13,16,29H,3,14-15H2,1-2H3. The maximum absolute atomic E-state index is 13.0. The molecule has 0 radical (unpaired) electrons. The van der Waals surface area contributed by atoms with Crippen LogP contribution in [-0.2, 0) is 26.0 Å². The summed E-state index contributed by atoms with van der Waals surface area (Å²) in [7, 11) is -2.50. The van der Waals surface area contributed by atoms with Crippen LogP contribution < -0.4 is 9.52 Å². The quantitative estimate of drug-likeness (QED) is 0.229. The molecular formula is C26H24ClN3O6S2. The third-order valence-corrected chi connectivity index (χ3v) is 8.16. The van der Waals surface area contributed by atoms with Crippen LogP contribution in [0.2, 0.25) is 5.02 Å². The molecule has 0 atom stereocenters. The van der Waals surface area contributed by atoms with Crippen molar-refractivity contribution in [2.24, 2.45) is 4.99 Å². The normalized spacial score (nSPS) is 12.0. The number of anilines is 1. The van der Waals surface area contributed by atoms with Gasteiger partial charge in [0.1, 0.15) is 0 Å². The number of nitrogens with zero attached hydrogens (tertiary/aromatic N) is 2. The molecule has 198 valence electrons. The van der Waals surface area contributed by atoms with Crippen LogP contribution in [0.15, 0.2) is 76.6 Å². The van der Waals surface area contributed by atoms with E-state index >= 15 is 0 Å². The van der Waals surface area contributed by atoms with Crippen LogP contribution in [-0.4, -0.2) is 45.2 Å². The highest BCUT2D eigenvalue weighted by atomic mass is 35.5. The second-order valence-corrected chi connectivity index (χ2v) is 11.1. The maximum Gasteiger partial charge on any atom is 0.337 e. The number of fused-ring (bicyclic) bond motifs is 1. The number of thiazole rings is 1. The van der Waals surface area contributed by atoms with Gasteiger partial charge in [-0.2, -0.15) is 4.99 Å². The number of amides is 1. The molecular weight excluding hydrogens is 550 g/mol. The highest BCUT2D eigenvalue weighted by molar-refractivity contribution is 7.92. The van der Waals surface area contributed by atoms with Gasteiger partial charge in [0, 0.05) is 29.4 Å². The van der Waals surface area contributed by atoms with Crippen molar-refractivity contribution < 1.29 is 27.5 Å². The molecule has 0 aliphatic heterocycles. The first kappa shape index (κ1) is 27.5. The lowest BCUT2D eigenvalue weighted by molar-refractivity contribution is 0.0600. The van der Waals surface area contributed by atoms with Crippen molar-refractivity contribution in [3.63, 3.8) is 0 Å². The van der Waals surface area contributed by atoms with Crippen LogP contribution in [0.5, 0.6) is 0 Å². The van der Waals surface area contributed by atoms with Crippen molar-refractivity contribution in [1.29, 1.82) is 0 Å². The third kappa shape index (κ3) is 6.30. The van der Waals surface area contributed by atoms with E-state index in [0.29, 0.717) is 40.8 Å². The van der Waals surface area contributed by atoms with Crippen molar-refractivity contribution >= 4 is 60.7 Å². The molecule has 0 aliphatic rings. The number of sulfonamides is 1. The maximum atomic E-state index is 13.0. The summed E-state index contributed by atoms with van der Waals surface area (Å²) in [5, 5.41) is 0.428. The smallest absolute Gasteiger partial charge is 0.337 e. The topological polar surface area (TPSA) is 116 Å². The molecule has 9 nitrogen and oxygen atoms in total. The largest absolute Gasteiger partial charge is 0.465 e. The molecule has 1 aromatic heterocycles. The third-order valence-electron chi connectivity index (χ3n) is 5.47. The van der Waals surface area contributed by atoms with Crippen LogP contribution in [0.3, 0.4) is 0 Å². The number of nitrogens with one attached hydrogen (secondary N) is 1. The zero-order chi connectivity index (χ0) is 27.3. The van der Waals surface area contributed by atoms with Crippen molar-refractivity contribution in [2.75, 3.05) is 25.0 Å². The van der Waals surface area contributed by atoms with Gasteiger partial charge in [-0.15, -0.1) is 0 Å². The van der Waals surface area contributed by atoms with Crippen LogP contribution in [0.25, 0.3) is 10.2 Å². The predicted molar refractivity (Wildman–Crippen MR) is 146 cm³/mol. The molecule has 0 bridgehead atoms. The Hall–Kier alpha value is -3.51. The molecule has 1 amide bonds. The summed E-state index contributed by atoms with van der Waals surface area (Å²) in [4.78, 5) is 29.8. The number of methoxy groups -OCH3 is 1. The van der Waals surface area contributed by atoms with E-state index in [4.69, 9.17) is 21.1 Å². The van der Waals surface area contributed by atoms with Gasteiger partial charge in [-0.25, -0.2) is 13.2 Å². The molecule has 0 spiro atoms. The van der Waals surface area contributed by atoms with Crippen LogP contribution >= 0.6 is 22.9 Å². The summed E-state index contributed by atoms with van der Waals surface area (Å²) in [5.41, 5.74) is 1.78. The molecule has 38 heavy (non-hydrogen) atoms. The minimum Gasteiger partial charge on any atom is -0.465 e. The Kier molecular flexibility index (Phi) is 8.62. The van der Waals surface area contributed by atoms with E-state index in [1.54, 1.807) is 18.2 Å². The van der Waals surface area contributed by atoms with Crippen molar-refractivity contribution in [3.05, 3.63) is 87.7 Å². The number of hydrogen-bond acceptors (Lipinski definition) is 7. The Bertz CT molecular complexity index is 1640. The van der Waals surface area contributed by atoms with E-state index in [2.05, 4.69) is 9.71 Å². The van der Waals surface area contributed by atoms with Gasteiger partial charge in [0.05, 0.1) is 34.4 Å². The van der Waals surface area contributed by atoms with Gasteiger partial charge in [0.15, 0.2) is 4.80 Å². The monoisotopic (exact) mass is 573 g/mol. The number of rotatable bonds is 9. The van der Waals surface area contributed by atoms with Gasteiger partial charge >= 0.3 is 5.97 Å². The summed E-state index contributed by atoms with van der Waals surface area (Å²) < 4.78 is 40.6. The molecule has 3 aromatic carbocycles. The Morgan fingerprint density at radius 2 is 1.71 bits per heavy atom. The minimum absolute atomic E-state index is 0.0637. The molecule has 0 unspecified atom stereocenters. The van der Waals surface area contributed by atoms with E-state index < -0.39 is 21.9 Å². The van der Waals surface area contributed by atoms with Crippen molar-refractivity contribution in [1.82, 2.24) is 4.57 Å². The van der Waals surface area contributed by atoms with Crippen molar-refractivity contribution in [3.8, 4) is 0 Å². The van der Waals surface area contributed by atoms with E-state index in [-0.39, 0.29) is 10.5 Å². The SMILES string of the molecule is CCOCCn1c(=NC(=O)c2ccc(NS(=O)(=O)c3ccc(Cl)cc3)cc2)sc2cc(C(=O)OC)ccc21. The van der Waals surface area contributed by atoms with E-state index in [0.717, 1.165) is 10.2 Å². The first-order valence-electron chi connectivity index (χ1n) is 11.5. The Labute approximate surface area is 228 Å². The molecule has 1 heterocycles. The Morgan fingerprint density at radius 3 is 2.37 bits per heavy atom. The lowest BCUT2D eigenvalue weighted by Crippen LogP contribution is -2.19. The van der Waals surface area contributed by atoms with E-state index in [9.17, 15) is 18.0 Å². The van der Waals surface area contributed by atoms with Crippen LogP contribution in [0.1, 0.15) is 27.6 Å². The molecule has 4 aromatic rings. The zero-order valence-corrected chi connectivity index (χ0v) is 22.9. The summed E-state index contributed by atoms with van der Waals surface area (Å²) in [6.07, 6.45) is 0.